The molecule has 0 radical (unpaired) electrons. The van der Waals surface area contributed by atoms with Crippen LogP contribution < -0.4 is 10.2 Å². The van der Waals surface area contributed by atoms with E-state index >= 15 is 0 Å². The maximum Gasteiger partial charge on any atom is 0.205 e. The second-order valence-corrected chi connectivity index (χ2v) is 5.81. The van der Waals surface area contributed by atoms with Crippen molar-refractivity contribution in [3.63, 3.8) is 0 Å². The van der Waals surface area contributed by atoms with Gasteiger partial charge in [0.2, 0.25) is 6.35 Å². The molecule has 0 saturated carbocycles. The first-order valence-electron chi connectivity index (χ1n) is 6.42. The van der Waals surface area contributed by atoms with E-state index in [9.17, 15) is 5.11 Å². The van der Waals surface area contributed by atoms with Gasteiger partial charge < -0.3 is 20.1 Å². The van der Waals surface area contributed by atoms with Crippen LogP contribution in [0.25, 0.3) is 10.9 Å². The van der Waals surface area contributed by atoms with Crippen LogP contribution in [0.5, 0.6) is 0 Å². The SMILES string of the molecule is COC(C)CN1c2c(cnc3ccc(Br)cc23)NC1O. The number of benzene rings is 1. The summed E-state index contributed by atoms with van der Waals surface area (Å²) in [5, 5.41) is 14.2. The lowest BCUT2D eigenvalue weighted by Crippen LogP contribution is -2.40. The summed E-state index contributed by atoms with van der Waals surface area (Å²) in [6.07, 6.45) is 1.02. The monoisotopic (exact) mass is 337 g/mol. The molecule has 2 unspecified atom stereocenters. The molecule has 0 aliphatic carbocycles. The highest BCUT2D eigenvalue weighted by atomic mass is 79.9. The Bertz CT molecular complexity index is 650. The van der Waals surface area contributed by atoms with Gasteiger partial charge in [-0.05, 0) is 25.1 Å². The Hall–Kier alpha value is -1.37. The van der Waals surface area contributed by atoms with Gasteiger partial charge in [0.1, 0.15) is 0 Å². The fourth-order valence-electron chi connectivity index (χ4n) is 2.45. The van der Waals surface area contributed by atoms with Crippen LogP contribution in [-0.2, 0) is 4.74 Å². The topological polar surface area (TPSA) is 57.6 Å². The molecule has 2 N–H and O–H groups in total. The number of halogens is 1. The Balaban J connectivity index is 2.13. The van der Waals surface area contributed by atoms with Crippen molar-refractivity contribution in [3.8, 4) is 0 Å². The quantitative estimate of drug-likeness (QED) is 0.901. The Morgan fingerprint density at radius 2 is 2.35 bits per heavy atom. The number of methoxy groups -OCH3 is 1. The van der Waals surface area contributed by atoms with Crippen molar-refractivity contribution in [2.24, 2.45) is 0 Å². The zero-order valence-corrected chi connectivity index (χ0v) is 12.9. The minimum absolute atomic E-state index is 0.0211. The molecule has 20 heavy (non-hydrogen) atoms. The summed E-state index contributed by atoms with van der Waals surface area (Å²) in [6, 6.07) is 5.94. The van der Waals surface area contributed by atoms with Crippen LogP contribution in [0.4, 0.5) is 11.4 Å². The summed E-state index contributed by atoms with van der Waals surface area (Å²) >= 11 is 3.49. The molecule has 2 atom stereocenters. The summed E-state index contributed by atoms with van der Waals surface area (Å²) in [6.45, 7) is 2.58. The molecule has 2 aromatic rings. The fraction of sp³-hybridized carbons (Fsp3) is 0.357. The smallest absolute Gasteiger partial charge is 0.205 e. The molecule has 0 bridgehead atoms. The number of pyridine rings is 1. The van der Waals surface area contributed by atoms with Crippen molar-refractivity contribution in [3.05, 3.63) is 28.9 Å². The van der Waals surface area contributed by atoms with Crippen molar-refractivity contribution in [2.45, 2.75) is 19.4 Å². The zero-order valence-electron chi connectivity index (χ0n) is 11.3. The minimum Gasteiger partial charge on any atom is -0.380 e. The first-order chi connectivity index (χ1) is 9.60. The minimum atomic E-state index is -0.756. The van der Waals surface area contributed by atoms with E-state index in [0.29, 0.717) is 6.54 Å². The molecule has 5 nitrogen and oxygen atoms in total. The van der Waals surface area contributed by atoms with Gasteiger partial charge in [-0.15, -0.1) is 0 Å². The van der Waals surface area contributed by atoms with E-state index in [1.165, 1.54) is 0 Å². The molecule has 0 amide bonds. The number of ether oxygens (including phenoxy) is 1. The third-order valence-corrected chi connectivity index (χ3v) is 4.02. The number of aliphatic hydroxyl groups is 1. The highest BCUT2D eigenvalue weighted by Gasteiger charge is 2.30. The molecular weight excluding hydrogens is 322 g/mol. The Morgan fingerprint density at radius 1 is 1.55 bits per heavy atom. The van der Waals surface area contributed by atoms with Gasteiger partial charge in [-0.25, -0.2) is 0 Å². The van der Waals surface area contributed by atoms with Crippen LogP contribution in [0.15, 0.2) is 28.9 Å². The summed E-state index contributed by atoms with van der Waals surface area (Å²) in [5.41, 5.74) is 2.71. The largest absolute Gasteiger partial charge is 0.380 e. The Kier molecular flexibility index (Phi) is 3.54. The molecule has 1 aromatic heterocycles. The van der Waals surface area contributed by atoms with Crippen LogP contribution in [0.2, 0.25) is 0 Å². The average Bonchev–Trinajstić information content (AvgIpc) is 2.75. The van der Waals surface area contributed by atoms with E-state index in [1.54, 1.807) is 13.3 Å². The van der Waals surface area contributed by atoms with Gasteiger partial charge in [0.15, 0.2) is 0 Å². The predicted molar refractivity (Wildman–Crippen MR) is 82.9 cm³/mol. The van der Waals surface area contributed by atoms with E-state index in [1.807, 2.05) is 30.0 Å². The third-order valence-electron chi connectivity index (χ3n) is 3.52. The lowest BCUT2D eigenvalue weighted by Gasteiger charge is -2.26. The summed E-state index contributed by atoms with van der Waals surface area (Å²) in [5.74, 6) is 0. The van der Waals surface area contributed by atoms with Crippen molar-refractivity contribution >= 4 is 38.2 Å². The van der Waals surface area contributed by atoms with Crippen molar-refractivity contribution in [1.82, 2.24) is 4.98 Å². The number of rotatable bonds is 3. The lowest BCUT2D eigenvalue weighted by molar-refractivity contribution is 0.109. The van der Waals surface area contributed by atoms with Crippen molar-refractivity contribution in [1.29, 1.82) is 0 Å². The van der Waals surface area contributed by atoms with Gasteiger partial charge in [-0.1, -0.05) is 15.9 Å². The summed E-state index contributed by atoms with van der Waals surface area (Å²) in [4.78, 5) is 6.31. The van der Waals surface area contributed by atoms with Gasteiger partial charge in [-0.3, -0.25) is 4.98 Å². The molecule has 2 heterocycles. The van der Waals surface area contributed by atoms with Crippen LogP contribution in [0.3, 0.4) is 0 Å². The first-order valence-corrected chi connectivity index (χ1v) is 7.21. The highest BCUT2D eigenvalue weighted by molar-refractivity contribution is 9.10. The number of nitrogens with one attached hydrogen (secondary N) is 1. The second kappa shape index (κ2) is 5.20. The molecule has 106 valence electrons. The highest BCUT2D eigenvalue weighted by Crippen LogP contribution is 2.40. The van der Waals surface area contributed by atoms with E-state index in [0.717, 1.165) is 26.8 Å². The number of hydrogen-bond donors (Lipinski definition) is 2. The van der Waals surface area contributed by atoms with Gasteiger partial charge >= 0.3 is 0 Å². The maximum absolute atomic E-state index is 10.2. The van der Waals surface area contributed by atoms with E-state index in [4.69, 9.17) is 4.74 Å². The molecule has 0 fully saturated rings. The molecule has 1 aliphatic heterocycles. The van der Waals surface area contributed by atoms with Crippen molar-refractivity contribution < 1.29 is 9.84 Å². The molecule has 1 aromatic carbocycles. The fourth-order valence-corrected chi connectivity index (χ4v) is 2.81. The summed E-state index contributed by atoms with van der Waals surface area (Å²) in [7, 11) is 1.67. The molecular formula is C14H16BrN3O2. The Labute approximate surface area is 125 Å². The van der Waals surface area contributed by atoms with Crippen LogP contribution in [0.1, 0.15) is 6.92 Å². The van der Waals surface area contributed by atoms with Gasteiger partial charge in [-0.2, -0.15) is 0 Å². The van der Waals surface area contributed by atoms with Gasteiger partial charge in [0.25, 0.3) is 0 Å². The lowest BCUT2D eigenvalue weighted by atomic mass is 10.1. The van der Waals surface area contributed by atoms with Crippen LogP contribution >= 0.6 is 15.9 Å². The molecule has 6 heteroatoms. The predicted octanol–water partition coefficient (Wildman–Crippen LogP) is 2.54. The Morgan fingerprint density at radius 3 is 3.10 bits per heavy atom. The summed E-state index contributed by atoms with van der Waals surface area (Å²) < 4.78 is 6.29. The van der Waals surface area contributed by atoms with Crippen molar-refractivity contribution in [2.75, 3.05) is 23.9 Å². The van der Waals surface area contributed by atoms with E-state index in [-0.39, 0.29) is 6.10 Å². The van der Waals surface area contributed by atoms with Crippen LogP contribution in [0, 0.1) is 0 Å². The number of nitrogens with zero attached hydrogens (tertiary/aromatic N) is 2. The van der Waals surface area contributed by atoms with Gasteiger partial charge in [0.05, 0.1) is 29.2 Å². The average molecular weight is 338 g/mol. The van der Waals surface area contributed by atoms with Crippen LogP contribution in [-0.4, -0.2) is 36.2 Å². The number of anilines is 2. The molecule has 0 saturated heterocycles. The molecule has 1 aliphatic rings. The normalized spacial score (nSPS) is 19.0. The van der Waals surface area contributed by atoms with E-state index in [2.05, 4.69) is 26.2 Å². The molecule has 3 rings (SSSR count). The second-order valence-electron chi connectivity index (χ2n) is 4.90. The third kappa shape index (κ3) is 2.24. The maximum atomic E-state index is 10.2. The number of aliphatic hydroxyl groups excluding tert-OH is 1. The molecule has 0 spiro atoms. The number of fused-ring (bicyclic) bond motifs is 3. The standard InChI is InChI=1S/C14H16BrN3O2/c1-8(20-2)7-18-13-10-5-9(15)3-4-11(10)16-6-12(13)17-14(18)19/h3-6,8,14,17,19H,7H2,1-2H3. The first kappa shape index (κ1) is 13.6. The van der Waals surface area contributed by atoms with E-state index < -0.39 is 6.35 Å². The van der Waals surface area contributed by atoms with Gasteiger partial charge in [0, 0.05) is 23.5 Å². The number of hydrogen-bond acceptors (Lipinski definition) is 5. The number of aromatic nitrogens is 1. The zero-order chi connectivity index (χ0) is 14.3.